The summed E-state index contributed by atoms with van der Waals surface area (Å²) in [6.45, 7) is 2.61. The van der Waals surface area contributed by atoms with Gasteiger partial charge in [0, 0.05) is 42.8 Å². The molecule has 1 N–H and O–H groups in total. The van der Waals surface area contributed by atoms with Gasteiger partial charge in [-0.1, -0.05) is 18.2 Å². The summed E-state index contributed by atoms with van der Waals surface area (Å²) < 4.78 is 13.2. The van der Waals surface area contributed by atoms with Crippen molar-refractivity contribution >= 4 is 35.3 Å². The molecule has 152 valence electrons. The summed E-state index contributed by atoms with van der Waals surface area (Å²) in [5.74, 6) is -0.602. The fourth-order valence-corrected chi connectivity index (χ4v) is 3.49. The molecular weight excluding hydrogens is 389 g/mol. The van der Waals surface area contributed by atoms with Crippen molar-refractivity contribution in [3.63, 3.8) is 0 Å². The van der Waals surface area contributed by atoms with Gasteiger partial charge in [0.05, 0.1) is 6.54 Å². The molecule has 2 aromatic rings. The second-order valence-corrected chi connectivity index (χ2v) is 7.65. The standard InChI is InChI=1S/C22H24FN3O2S/c1-29-20-8-5-17(6-9-20)7-10-22(28)26-13-11-25(12-14-26)16-21(27)24-19-4-2-3-18(23)15-19/h2-10,15H,11-14,16H2,1H3,(H,24,27)/b10-7+. The molecule has 3 rings (SSSR count). The molecule has 0 radical (unpaired) electrons. The first-order valence-electron chi connectivity index (χ1n) is 9.42. The molecular formula is C22H24FN3O2S. The van der Waals surface area contributed by atoms with E-state index in [1.54, 1.807) is 34.9 Å². The number of benzene rings is 2. The van der Waals surface area contributed by atoms with Gasteiger partial charge in [-0.05, 0) is 48.2 Å². The molecule has 1 fully saturated rings. The topological polar surface area (TPSA) is 52.7 Å². The lowest BCUT2D eigenvalue weighted by atomic mass is 10.2. The third-order valence-corrected chi connectivity index (χ3v) is 5.44. The number of nitrogens with zero attached hydrogens (tertiary/aromatic N) is 2. The van der Waals surface area contributed by atoms with Gasteiger partial charge in [0.1, 0.15) is 5.82 Å². The van der Waals surface area contributed by atoms with E-state index in [9.17, 15) is 14.0 Å². The quantitative estimate of drug-likeness (QED) is 0.583. The van der Waals surface area contributed by atoms with Crippen LogP contribution in [0.15, 0.2) is 59.5 Å². The van der Waals surface area contributed by atoms with Crippen molar-refractivity contribution in [3.05, 3.63) is 66.0 Å². The zero-order valence-electron chi connectivity index (χ0n) is 16.3. The highest BCUT2D eigenvalue weighted by atomic mass is 32.2. The number of rotatable bonds is 6. The number of nitrogens with one attached hydrogen (secondary N) is 1. The molecule has 5 nitrogen and oxygen atoms in total. The summed E-state index contributed by atoms with van der Waals surface area (Å²) in [6.07, 6.45) is 5.45. The lowest BCUT2D eigenvalue weighted by molar-refractivity contribution is -0.127. The summed E-state index contributed by atoms with van der Waals surface area (Å²) in [5, 5.41) is 2.70. The molecule has 1 heterocycles. The number of halogens is 1. The molecule has 0 saturated carbocycles. The van der Waals surface area contributed by atoms with Gasteiger partial charge in [0.25, 0.3) is 0 Å². The van der Waals surface area contributed by atoms with Crippen molar-refractivity contribution in [2.45, 2.75) is 4.90 Å². The van der Waals surface area contributed by atoms with Gasteiger partial charge in [-0.2, -0.15) is 0 Å². The maximum Gasteiger partial charge on any atom is 0.246 e. The number of anilines is 1. The Labute approximate surface area is 174 Å². The summed E-state index contributed by atoms with van der Waals surface area (Å²) in [7, 11) is 0. The van der Waals surface area contributed by atoms with E-state index >= 15 is 0 Å². The number of amides is 2. The molecule has 7 heteroatoms. The lowest BCUT2D eigenvalue weighted by Gasteiger charge is -2.33. The largest absolute Gasteiger partial charge is 0.337 e. The molecule has 0 aliphatic carbocycles. The fourth-order valence-electron chi connectivity index (χ4n) is 3.08. The maximum atomic E-state index is 13.2. The van der Waals surface area contributed by atoms with Gasteiger partial charge in [-0.25, -0.2) is 4.39 Å². The molecule has 0 atom stereocenters. The van der Waals surface area contributed by atoms with Crippen molar-refractivity contribution in [1.82, 2.24) is 9.80 Å². The van der Waals surface area contributed by atoms with E-state index in [1.807, 2.05) is 41.5 Å². The van der Waals surface area contributed by atoms with Crippen LogP contribution in [0.25, 0.3) is 6.08 Å². The third kappa shape index (κ3) is 6.44. The molecule has 0 spiro atoms. The van der Waals surface area contributed by atoms with Crippen molar-refractivity contribution in [2.75, 3.05) is 44.3 Å². The van der Waals surface area contributed by atoms with Crippen LogP contribution in [0.3, 0.4) is 0 Å². The van der Waals surface area contributed by atoms with Gasteiger partial charge in [0.15, 0.2) is 0 Å². The molecule has 1 aliphatic heterocycles. The number of thioether (sulfide) groups is 1. The van der Waals surface area contributed by atoms with E-state index in [2.05, 4.69) is 5.32 Å². The number of piperazine rings is 1. The minimum absolute atomic E-state index is 0.0252. The number of carbonyl (C=O) groups is 2. The molecule has 1 aliphatic rings. The summed E-state index contributed by atoms with van der Waals surface area (Å²) in [5.41, 5.74) is 1.43. The van der Waals surface area contributed by atoms with Crippen molar-refractivity contribution < 1.29 is 14.0 Å². The first-order chi connectivity index (χ1) is 14.0. The second-order valence-electron chi connectivity index (χ2n) is 6.77. The van der Waals surface area contributed by atoms with E-state index in [-0.39, 0.29) is 24.2 Å². The average molecular weight is 414 g/mol. The van der Waals surface area contributed by atoms with Crippen LogP contribution in [0.1, 0.15) is 5.56 Å². The highest BCUT2D eigenvalue weighted by Gasteiger charge is 2.21. The smallest absolute Gasteiger partial charge is 0.246 e. The van der Waals surface area contributed by atoms with Crippen LogP contribution >= 0.6 is 11.8 Å². The first-order valence-corrected chi connectivity index (χ1v) is 10.6. The Morgan fingerprint density at radius 1 is 1.10 bits per heavy atom. The Balaban J connectivity index is 1.43. The van der Waals surface area contributed by atoms with Gasteiger partial charge >= 0.3 is 0 Å². The van der Waals surface area contributed by atoms with Crippen LogP contribution in [0.4, 0.5) is 10.1 Å². The van der Waals surface area contributed by atoms with Crippen LogP contribution in [0, 0.1) is 5.82 Å². The van der Waals surface area contributed by atoms with Crippen LogP contribution < -0.4 is 5.32 Å². The molecule has 0 aromatic heterocycles. The Hall–Kier alpha value is -2.64. The Bertz CT molecular complexity index is 878. The van der Waals surface area contributed by atoms with Crippen molar-refractivity contribution in [2.24, 2.45) is 0 Å². The van der Waals surface area contributed by atoms with E-state index in [0.29, 0.717) is 31.9 Å². The molecule has 1 saturated heterocycles. The van der Waals surface area contributed by atoms with E-state index in [0.717, 1.165) is 5.56 Å². The SMILES string of the molecule is CSc1ccc(/C=C/C(=O)N2CCN(CC(=O)Nc3cccc(F)c3)CC2)cc1. The average Bonchev–Trinajstić information content (AvgIpc) is 2.73. The summed E-state index contributed by atoms with van der Waals surface area (Å²) >= 11 is 1.68. The zero-order valence-corrected chi connectivity index (χ0v) is 17.1. The molecule has 2 aromatic carbocycles. The molecule has 0 unspecified atom stereocenters. The summed E-state index contributed by atoms with van der Waals surface area (Å²) in [4.78, 5) is 29.5. The number of carbonyl (C=O) groups excluding carboxylic acids is 2. The third-order valence-electron chi connectivity index (χ3n) is 4.69. The van der Waals surface area contributed by atoms with Gasteiger partial charge in [0.2, 0.25) is 11.8 Å². The fraction of sp³-hybridized carbons (Fsp3) is 0.273. The van der Waals surface area contributed by atoms with Crippen LogP contribution in [0.2, 0.25) is 0 Å². The summed E-state index contributed by atoms with van der Waals surface area (Å²) in [6, 6.07) is 13.9. The normalized spacial score (nSPS) is 14.9. The number of hydrogen-bond acceptors (Lipinski definition) is 4. The van der Waals surface area contributed by atoms with Crippen molar-refractivity contribution in [1.29, 1.82) is 0 Å². The minimum Gasteiger partial charge on any atom is -0.337 e. The highest BCUT2D eigenvalue weighted by Crippen LogP contribution is 2.16. The van der Waals surface area contributed by atoms with Gasteiger partial charge in [-0.15, -0.1) is 11.8 Å². The van der Waals surface area contributed by atoms with Crippen LogP contribution in [-0.2, 0) is 9.59 Å². The van der Waals surface area contributed by atoms with Gasteiger partial charge in [-0.3, -0.25) is 14.5 Å². The van der Waals surface area contributed by atoms with E-state index in [1.165, 1.54) is 17.0 Å². The molecule has 29 heavy (non-hydrogen) atoms. The Morgan fingerprint density at radius 2 is 1.83 bits per heavy atom. The number of hydrogen-bond donors (Lipinski definition) is 1. The Kier molecular flexibility index (Phi) is 7.43. The van der Waals surface area contributed by atoms with Crippen LogP contribution in [0.5, 0.6) is 0 Å². The Morgan fingerprint density at radius 3 is 2.48 bits per heavy atom. The monoisotopic (exact) mass is 413 g/mol. The van der Waals surface area contributed by atoms with Crippen LogP contribution in [-0.4, -0.2) is 60.6 Å². The predicted octanol–water partition coefficient (Wildman–Crippen LogP) is 3.34. The maximum absolute atomic E-state index is 13.2. The highest BCUT2D eigenvalue weighted by molar-refractivity contribution is 7.98. The molecule has 0 bridgehead atoms. The zero-order chi connectivity index (χ0) is 20.6. The van der Waals surface area contributed by atoms with Gasteiger partial charge < -0.3 is 10.2 Å². The van der Waals surface area contributed by atoms with E-state index < -0.39 is 0 Å². The second kappa shape index (κ2) is 10.2. The van der Waals surface area contributed by atoms with Crippen molar-refractivity contribution in [3.8, 4) is 0 Å². The lowest BCUT2D eigenvalue weighted by Crippen LogP contribution is -2.50. The minimum atomic E-state index is -0.386. The molecule has 2 amide bonds. The first kappa shape index (κ1) is 21.1. The predicted molar refractivity (Wildman–Crippen MR) is 115 cm³/mol. The van der Waals surface area contributed by atoms with E-state index in [4.69, 9.17) is 0 Å².